The number of H-pyrrole nitrogens is 1. The Morgan fingerprint density at radius 2 is 2.08 bits per heavy atom. The predicted octanol–water partition coefficient (Wildman–Crippen LogP) is 2.60. The van der Waals surface area contributed by atoms with Gasteiger partial charge in [-0.15, -0.1) is 0 Å². The lowest BCUT2D eigenvalue weighted by atomic mass is 9.90. The number of aromatic amines is 1. The normalized spacial score (nSPS) is 19.3. The Morgan fingerprint density at radius 3 is 2.69 bits per heavy atom. The maximum Gasteiger partial charge on any atom is 0.203 e. The van der Waals surface area contributed by atoms with E-state index in [9.17, 15) is 4.79 Å². The van der Waals surface area contributed by atoms with Crippen LogP contribution in [0.3, 0.4) is 0 Å². The Morgan fingerprint density at radius 1 is 1.35 bits per heavy atom. The van der Waals surface area contributed by atoms with Gasteiger partial charge in [0.2, 0.25) is 5.78 Å². The molecule has 0 saturated carbocycles. The molecule has 1 aliphatic heterocycles. The standard InChI is InChI=1S/C20H30N4O2/c1-13-10-15-16(22-19(21-15)18(26)20(3,4)5)11-17(13)24-7-6-23(8-9-25)12-14(24)2/h10-11,14,25H,6-9,12H2,1-5H3,(H,21,22)/t14-/m1/s1. The highest BCUT2D eigenvalue weighted by molar-refractivity contribution is 5.99. The van der Waals surface area contributed by atoms with Crippen LogP contribution in [0.25, 0.3) is 11.0 Å². The Bertz CT molecular complexity index is 806. The summed E-state index contributed by atoms with van der Waals surface area (Å²) in [5.41, 5.74) is 3.64. The second-order valence-corrected chi connectivity index (χ2v) is 8.39. The van der Waals surface area contributed by atoms with Crippen molar-refractivity contribution in [1.29, 1.82) is 0 Å². The minimum atomic E-state index is -0.455. The second-order valence-electron chi connectivity index (χ2n) is 8.39. The summed E-state index contributed by atoms with van der Waals surface area (Å²) in [5.74, 6) is 0.462. The molecule has 0 spiro atoms. The largest absolute Gasteiger partial charge is 0.395 e. The molecule has 6 heteroatoms. The molecule has 2 aromatic rings. The van der Waals surface area contributed by atoms with Gasteiger partial charge in [-0.2, -0.15) is 0 Å². The van der Waals surface area contributed by atoms with Gasteiger partial charge in [0, 0.05) is 43.3 Å². The Kier molecular flexibility index (Phi) is 5.08. The molecule has 0 amide bonds. The second kappa shape index (κ2) is 7.00. The van der Waals surface area contributed by atoms with Gasteiger partial charge in [0.05, 0.1) is 17.6 Å². The number of ketones is 1. The highest BCUT2D eigenvalue weighted by Crippen LogP contribution is 2.29. The van der Waals surface area contributed by atoms with Crippen molar-refractivity contribution in [2.45, 2.75) is 40.7 Å². The maximum atomic E-state index is 12.5. The van der Waals surface area contributed by atoms with Crippen molar-refractivity contribution in [3.05, 3.63) is 23.5 Å². The van der Waals surface area contributed by atoms with Crippen molar-refractivity contribution in [3.8, 4) is 0 Å². The van der Waals surface area contributed by atoms with E-state index in [0.717, 1.165) is 37.2 Å². The molecule has 0 radical (unpaired) electrons. The predicted molar refractivity (Wildman–Crippen MR) is 105 cm³/mol. The zero-order valence-electron chi connectivity index (χ0n) is 16.5. The fourth-order valence-electron chi connectivity index (χ4n) is 3.66. The van der Waals surface area contributed by atoms with E-state index in [0.29, 0.717) is 11.9 Å². The average molecular weight is 358 g/mol. The van der Waals surface area contributed by atoms with Crippen LogP contribution in [0.2, 0.25) is 0 Å². The molecule has 1 aromatic heterocycles. The number of Topliss-reactive ketones (excluding diaryl/α,β-unsaturated/α-hetero) is 1. The van der Waals surface area contributed by atoms with Crippen LogP contribution in [0.5, 0.6) is 0 Å². The first-order valence-corrected chi connectivity index (χ1v) is 9.35. The summed E-state index contributed by atoms with van der Waals surface area (Å²) in [7, 11) is 0. The number of β-amino-alcohol motifs (C(OH)–C–C–N with tert-alkyl or cyclic N) is 1. The number of nitrogens with one attached hydrogen (secondary N) is 1. The lowest BCUT2D eigenvalue weighted by Crippen LogP contribution is -2.52. The number of hydrogen-bond donors (Lipinski definition) is 2. The van der Waals surface area contributed by atoms with Crippen LogP contribution in [0.4, 0.5) is 5.69 Å². The number of imidazole rings is 1. The van der Waals surface area contributed by atoms with Gasteiger partial charge in [-0.1, -0.05) is 20.8 Å². The molecule has 2 heterocycles. The van der Waals surface area contributed by atoms with Crippen LogP contribution in [0, 0.1) is 12.3 Å². The smallest absolute Gasteiger partial charge is 0.203 e. The molecule has 26 heavy (non-hydrogen) atoms. The number of hydrogen-bond acceptors (Lipinski definition) is 5. The van der Waals surface area contributed by atoms with Crippen molar-refractivity contribution >= 4 is 22.5 Å². The van der Waals surface area contributed by atoms with Crippen molar-refractivity contribution < 1.29 is 9.90 Å². The minimum Gasteiger partial charge on any atom is -0.395 e. The molecular formula is C20H30N4O2. The Balaban J connectivity index is 1.90. The van der Waals surface area contributed by atoms with Gasteiger partial charge in [-0.3, -0.25) is 9.69 Å². The third-order valence-electron chi connectivity index (χ3n) is 5.13. The molecule has 0 unspecified atom stereocenters. The first-order valence-electron chi connectivity index (χ1n) is 9.35. The van der Waals surface area contributed by atoms with Crippen molar-refractivity contribution in [2.24, 2.45) is 5.41 Å². The topological polar surface area (TPSA) is 72.5 Å². The van der Waals surface area contributed by atoms with Crippen LogP contribution < -0.4 is 4.90 Å². The van der Waals surface area contributed by atoms with Crippen molar-refractivity contribution in [2.75, 3.05) is 37.7 Å². The van der Waals surface area contributed by atoms with Gasteiger partial charge >= 0.3 is 0 Å². The minimum absolute atomic E-state index is 0.0267. The van der Waals surface area contributed by atoms with E-state index < -0.39 is 5.41 Å². The fourth-order valence-corrected chi connectivity index (χ4v) is 3.66. The molecule has 1 atom stereocenters. The number of aliphatic hydroxyl groups is 1. The van der Waals surface area contributed by atoms with E-state index in [1.807, 2.05) is 20.8 Å². The van der Waals surface area contributed by atoms with Crippen molar-refractivity contribution in [3.63, 3.8) is 0 Å². The highest BCUT2D eigenvalue weighted by Gasteiger charge is 2.27. The van der Waals surface area contributed by atoms with Crippen LogP contribution in [-0.4, -0.2) is 64.6 Å². The fraction of sp³-hybridized carbons (Fsp3) is 0.600. The third kappa shape index (κ3) is 3.62. The van der Waals surface area contributed by atoms with Crippen LogP contribution in [0.15, 0.2) is 12.1 Å². The summed E-state index contributed by atoms with van der Waals surface area (Å²) >= 11 is 0. The van der Waals surface area contributed by atoms with Crippen molar-refractivity contribution in [1.82, 2.24) is 14.9 Å². The zero-order chi connectivity index (χ0) is 19.1. The van der Waals surface area contributed by atoms with E-state index in [1.165, 1.54) is 11.3 Å². The van der Waals surface area contributed by atoms with Gasteiger partial charge in [0.1, 0.15) is 0 Å². The van der Waals surface area contributed by atoms with E-state index >= 15 is 0 Å². The lowest BCUT2D eigenvalue weighted by molar-refractivity contribution is 0.0848. The summed E-state index contributed by atoms with van der Waals surface area (Å²) in [4.78, 5) is 25.0. The number of nitrogens with zero attached hydrogens (tertiary/aromatic N) is 3. The first kappa shape index (κ1) is 18.9. The summed E-state index contributed by atoms with van der Waals surface area (Å²) < 4.78 is 0. The van der Waals surface area contributed by atoms with Gasteiger partial charge < -0.3 is 15.0 Å². The summed E-state index contributed by atoms with van der Waals surface area (Å²) in [6, 6.07) is 4.55. The number of benzene rings is 1. The zero-order valence-corrected chi connectivity index (χ0v) is 16.5. The molecule has 1 saturated heterocycles. The maximum absolute atomic E-state index is 12.5. The SMILES string of the molecule is Cc1cc2[nH]c(C(=O)C(C)(C)C)nc2cc1N1CCN(CCO)C[C@H]1C. The number of piperazine rings is 1. The summed E-state index contributed by atoms with van der Waals surface area (Å²) in [6.07, 6.45) is 0. The average Bonchev–Trinajstić information content (AvgIpc) is 2.96. The molecule has 142 valence electrons. The Labute approximate surface area is 155 Å². The molecule has 0 aliphatic carbocycles. The van der Waals surface area contributed by atoms with E-state index in [1.54, 1.807) is 0 Å². The highest BCUT2D eigenvalue weighted by atomic mass is 16.3. The number of anilines is 1. The van der Waals surface area contributed by atoms with E-state index in [4.69, 9.17) is 5.11 Å². The van der Waals surface area contributed by atoms with Crippen LogP contribution in [-0.2, 0) is 0 Å². The molecule has 0 bridgehead atoms. The van der Waals surface area contributed by atoms with Crippen LogP contribution in [0.1, 0.15) is 43.9 Å². The van der Waals surface area contributed by atoms with Gasteiger partial charge in [0.15, 0.2) is 5.82 Å². The van der Waals surface area contributed by atoms with Gasteiger partial charge in [0.25, 0.3) is 0 Å². The number of aliphatic hydroxyl groups excluding tert-OH is 1. The quantitative estimate of drug-likeness (QED) is 0.822. The first-order chi connectivity index (χ1) is 12.2. The monoisotopic (exact) mass is 358 g/mol. The summed E-state index contributed by atoms with van der Waals surface area (Å²) in [5, 5.41) is 9.16. The number of rotatable bonds is 4. The van der Waals surface area contributed by atoms with E-state index in [2.05, 4.69) is 45.7 Å². The lowest BCUT2D eigenvalue weighted by Gasteiger charge is -2.41. The number of aromatic nitrogens is 2. The molecule has 2 N–H and O–H groups in total. The molecule has 3 rings (SSSR count). The molecule has 6 nitrogen and oxygen atoms in total. The summed E-state index contributed by atoms with van der Waals surface area (Å²) in [6.45, 7) is 13.8. The number of aryl methyl sites for hydroxylation is 1. The number of carbonyl (C=O) groups is 1. The third-order valence-corrected chi connectivity index (χ3v) is 5.13. The number of carbonyl (C=O) groups excluding carboxylic acids is 1. The molecule has 1 fully saturated rings. The van der Waals surface area contributed by atoms with Gasteiger partial charge in [-0.05, 0) is 31.5 Å². The number of fused-ring (bicyclic) bond motifs is 1. The molecule has 1 aromatic carbocycles. The van der Waals surface area contributed by atoms with E-state index in [-0.39, 0.29) is 12.4 Å². The van der Waals surface area contributed by atoms with Gasteiger partial charge in [-0.25, -0.2) is 4.98 Å². The molecular weight excluding hydrogens is 328 g/mol. The molecule has 1 aliphatic rings. The Hall–Kier alpha value is -1.92. The van der Waals surface area contributed by atoms with Crippen LogP contribution >= 0.6 is 0 Å².